The van der Waals surface area contributed by atoms with Gasteiger partial charge in [0.1, 0.15) is 5.60 Å². The van der Waals surface area contributed by atoms with Gasteiger partial charge in [-0.05, 0) is 40.2 Å². The summed E-state index contributed by atoms with van der Waals surface area (Å²) < 4.78 is 5.01. The molecule has 0 aliphatic heterocycles. The molecule has 0 unspecified atom stereocenters. The molecular formula is C12H24N2O3. The summed E-state index contributed by atoms with van der Waals surface area (Å²) in [6, 6.07) is -0.373. The van der Waals surface area contributed by atoms with Gasteiger partial charge in [-0.1, -0.05) is 13.8 Å². The molecule has 0 aromatic heterocycles. The summed E-state index contributed by atoms with van der Waals surface area (Å²) in [6.07, 6.45) is -0.0306. The van der Waals surface area contributed by atoms with Crippen LogP contribution in [0.15, 0.2) is 0 Å². The van der Waals surface area contributed by atoms with Gasteiger partial charge in [-0.15, -0.1) is 0 Å². The van der Waals surface area contributed by atoms with E-state index in [1.54, 1.807) is 27.8 Å². The zero-order valence-electron chi connectivity index (χ0n) is 11.6. The standard InChI is InChI=1S/C12H24N2O3/c1-8(2)7-9(13-6)10(15)14-11(16)17-12(3,4)5/h8-9,13H,7H2,1-6H3,(H,14,15,16)/t9-/m0/s1. The molecular weight excluding hydrogens is 220 g/mol. The molecule has 17 heavy (non-hydrogen) atoms. The van der Waals surface area contributed by atoms with Crippen LogP contribution in [0.5, 0.6) is 0 Å². The van der Waals surface area contributed by atoms with Crippen molar-refractivity contribution in [3.05, 3.63) is 0 Å². The van der Waals surface area contributed by atoms with E-state index in [0.717, 1.165) is 0 Å². The number of imide groups is 1. The van der Waals surface area contributed by atoms with E-state index >= 15 is 0 Å². The van der Waals surface area contributed by atoms with Gasteiger partial charge in [-0.3, -0.25) is 10.1 Å². The van der Waals surface area contributed by atoms with Crippen molar-refractivity contribution in [1.29, 1.82) is 0 Å². The summed E-state index contributed by atoms with van der Waals surface area (Å²) in [4.78, 5) is 23.1. The highest BCUT2D eigenvalue weighted by atomic mass is 16.6. The third-order valence-electron chi connectivity index (χ3n) is 2.00. The van der Waals surface area contributed by atoms with Crippen LogP contribution in [0.4, 0.5) is 4.79 Å². The highest BCUT2D eigenvalue weighted by Gasteiger charge is 2.23. The van der Waals surface area contributed by atoms with Crippen LogP contribution in [-0.2, 0) is 9.53 Å². The summed E-state index contributed by atoms with van der Waals surface area (Å²) in [7, 11) is 1.70. The van der Waals surface area contributed by atoms with Crippen LogP contribution >= 0.6 is 0 Å². The van der Waals surface area contributed by atoms with E-state index in [1.165, 1.54) is 0 Å². The average molecular weight is 244 g/mol. The highest BCUT2D eigenvalue weighted by Crippen LogP contribution is 2.07. The Morgan fingerprint density at radius 1 is 1.24 bits per heavy atom. The lowest BCUT2D eigenvalue weighted by Gasteiger charge is -2.21. The Kier molecular flexibility index (Phi) is 6.16. The zero-order valence-corrected chi connectivity index (χ0v) is 11.6. The second-order valence-corrected chi connectivity index (χ2v) is 5.46. The molecule has 0 aromatic carbocycles. The van der Waals surface area contributed by atoms with Gasteiger partial charge < -0.3 is 10.1 Å². The molecule has 100 valence electrons. The maximum atomic E-state index is 11.7. The summed E-state index contributed by atoms with van der Waals surface area (Å²) in [5, 5.41) is 5.11. The normalized spacial score (nSPS) is 13.4. The molecule has 5 heteroatoms. The van der Waals surface area contributed by atoms with Gasteiger partial charge in [0.05, 0.1) is 6.04 Å². The topological polar surface area (TPSA) is 67.4 Å². The van der Waals surface area contributed by atoms with E-state index < -0.39 is 11.7 Å². The van der Waals surface area contributed by atoms with Crippen molar-refractivity contribution in [3.63, 3.8) is 0 Å². The van der Waals surface area contributed by atoms with Crippen molar-refractivity contribution in [2.75, 3.05) is 7.05 Å². The van der Waals surface area contributed by atoms with Gasteiger partial charge in [0.25, 0.3) is 0 Å². The van der Waals surface area contributed by atoms with Crippen LogP contribution in [0, 0.1) is 5.92 Å². The molecule has 0 aliphatic carbocycles. The van der Waals surface area contributed by atoms with Crippen molar-refractivity contribution in [2.24, 2.45) is 5.92 Å². The van der Waals surface area contributed by atoms with Gasteiger partial charge in [0.2, 0.25) is 5.91 Å². The largest absolute Gasteiger partial charge is 0.444 e. The number of hydrogen-bond donors (Lipinski definition) is 2. The quantitative estimate of drug-likeness (QED) is 0.789. The van der Waals surface area contributed by atoms with Crippen LogP contribution in [0.1, 0.15) is 41.0 Å². The number of ether oxygens (including phenoxy) is 1. The Morgan fingerprint density at radius 2 is 1.76 bits per heavy atom. The Hall–Kier alpha value is -1.10. The van der Waals surface area contributed by atoms with Crippen LogP contribution in [0.2, 0.25) is 0 Å². The number of carbonyl (C=O) groups is 2. The third kappa shape index (κ3) is 7.74. The van der Waals surface area contributed by atoms with Gasteiger partial charge in [-0.25, -0.2) is 4.79 Å². The Balaban J connectivity index is 4.27. The number of carbonyl (C=O) groups excluding carboxylic acids is 2. The fourth-order valence-electron chi connectivity index (χ4n) is 1.32. The number of alkyl carbamates (subject to hydrolysis) is 1. The molecule has 0 saturated carbocycles. The number of hydrogen-bond acceptors (Lipinski definition) is 4. The maximum absolute atomic E-state index is 11.7. The lowest BCUT2D eigenvalue weighted by molar-refractivity contribution is -0.123. The smallest absolute Gasteiger partial charge is 0.414 e. The van der Waals surface area contributed by atoms with Crippen molar-refractivity contribution in [3.8, 4) is 0 Å². The first-order valence-corrected chi connectivity index (χ1v) is 5.87. The molecule has 2 amide bonds. The summed E-state index contributed by atoms with van der Waals surface area (Å²) in [5.41, 5.74) is -0.600. The van der Waals surface area contributed by atoms with E-state index in [-0.39, 0.29) is 11.9 Å². The van der Waals surface area contributed by atoms with Crippen molar-refractivity contribution in [2.45, 2.75) is 52.7 Å². The molecule has 0 heterocycles. The van der Waals surface area contributed by atoms with E-state index in [0.29, 0.717) is 12.3 Å². The van der Waals surface area contributed by atoms with Gasteiger partial charge >= 0.3 is 6.09 Å². The number of amides is 2. The van der Waals surface area contributed by atoms with E-state index in [1.807, 2.05) is 13.8 Å². The molecule has 0 bridgehead atoms. The van der Waals surface area contributed by atoms with Gasteiger partial charge in [0, 0.05) is 0 Å². The Morgan fingerprint density at radius 3 is 2.12 bits per heavy atom. The minimum Gasteiger partial charge on any atom is -0.444 e. The minimum atomic E-state index is -0.702. The Bertz CT molecular complexity index is 269. The molecule has 5 nitrogen and oxygen atoms in total. The average Bonchev–Trinajstić information content (AvgIpc) is 2.10. The highest BCUT2D eigenvalue weighted by molar-refractivity contribution is 5.94. The first-order chi connectivity index (χ1) is 7.65. The Labute approximate surface area is 103 Å². The van der Waals surface area contributed by atoms with Crippen LogP contribution in [-0.4, -0.2) is 30.7 Å². The molecule has 0 rings (SSSR count). The van der Waals surface area contributed by atoms with Crippen molar-refractivity contribution in [1.82, 2.24) is 10.6 Å². The van der Waals surface area contributed by atoms with Crippen LogP contribution in [0.25, 0.3) is 0 Å². The summed E-state index contributed by atoms with van der Waals surface area (Å²) in [5.74, 6) is 0.0206. The van der Waals surface area contributed by atoms with E-state index in [9.17, 15) is 9.59 Å². The molecule has 1 atom stereocenters. The molecule has 0 aliphatic rings. The van der Waals surface area contributed by atoms with Crippen molar-refractivity contribution >= 4 is 12.0 Å². The minimum absolute atomic E-state index is 0.351. The molecule has 0 saturated heterocycles. The predicted octanol–water partition coefficient (Wildman–Crippen LogP) is 1.67. The second-order valence-electron chi connectivity index (χ2n) is 5.46. The molecule has 2 N–H and O–H groups in total. The first-order valence-electron chi connectivity index (χ1n) is 5.87. The molecule has 0 fully saturated rings. The van der Waals surface area contributed by atoms with Gasteiger partial charge in [-0.2, -0.15) is 0 Å². The number of likely N-dealkylation sites (N-methyl/N-ethyl adjacent to an activating group) is 1. The molecule has 0 spiro atoms. The van der Waals surface area contributed by atoms with Crippen LogP contribution in [0.3, 0.4) is 0 Å². The zero-order chi connectivity index (χ0) is 13.6. The van der Waals surface area contributed by atoms with Crippen LogP contribution < -0.4 is 10.6 Å². The maximum Gasteiger partial charge on any atom is 0.414 e. The van der Waals surface area contributed by atoms with Gasteiger partial charge in [0.15, 0.2) is 0 Å². The third-order valence-corrected chi connectivity index (χ3v) is 2.00. The fourth-order valence-corrected chi connectivity index (χ4v) is 1.32. The number of rotatable bonds is 4. The predicted molar refractivity (Wildman–Crippen MR) is 66.7 cm³/mol. The number of nitrogens with one attached hydrogen (secondary N) is 2. The lowest BCUT2D eigenvalue weighted by Crippen LogP contribution is -2.47. The first kappa shape index (κ1) is 15.9. The SMILES string of the molecule is CN[C@@H](CC(C)C)C(=O)NC(=O)OC(C)(C)C. The molecule has 0 radical (unpaired) electrons. The van der Waals surface area contributed by atoms with E-state index in [4.69, 9.17) is 4.74 Å². The fraction of sp³-hybridized carbons (Fsp3) is 0.833. The second kappa shape index (κ2) is 6.59. The van der Waals surface area contributed by atoms with E-state index in [2.05, 4.69) is 10.6 Å². The monoisotopic (exact) mass is 244 g/mol. The lowest BCUT2D eigenvalue weighted by atomic mass is 10.0. The summed E-state index contributed by atoms with van der Waals surface area (Å²) >= 11 is 0. The van der Waals surface area contributed by atoms with Crippen molar-refractivity contribution < 1.29 is 14.3 Å². The molecule has 0 aromatic rings. The summed E-state index contributed by atoms with van der Waals surface area (Å²) in [6.45, 7) is 9.29.